The summed E-state index contributed by atoms with van der Waals surface area (Å²) in [5.41, 5.74) is -0.277. The number of nitrogens with zero attached hydrogens (tertiary/aromatic N) is 2. The minimum absolute atomic E-state index is 0.0328. The van der Waals surface area contributed by atoms with Crippen molar-refractivity contribution in [3.63, 3.8) is 0 Å². The number of carbonyl (C=O) groups excluding carboxylic acids is 3. The van der Waals surface area contributed by atoms with E-state index in [1.54, 1.807) is 17.5 Å². The number of thiazole rings is 1. The quantitative estimate of drug-likeness (QED) is 0.540. The van der Waals surface area contributed by atoms with Crippen LogP contribution in [0, 0.1) is 5.92 Å². The maximum atomic E-state index is 13.0. The number of alkyl halides is 3. The van der Waals surface area contributed by atoms with Gasteiger partial charge in [0.2, 0.25) is 17.7 Å². The normalized spacial score (nSPS) is 16.1. The summed E-state index contributed by atoms with van der Waals surface area (Å²) < 4.78 is 44.6. The monoisotopic (exact) mass is 492 g/mol. The van der Waals surface area contributed by atoms with Crippen LogP contribution >= 0.6 is 11.3 Å². The lowest BCUT2D eigenvalue weighted by molar-refractivity contribution is -0.137. The fourth-order valence-corrected chi connectivity index (χ4v) is 4.16. The fourth-order valence-electron chi connectivity index (χ4n) is 3.46. The highest BCUT2D eigenvalue weighted by atomic mass is 32.1. The van der Waals surface area contributed by atoms with Crippen molar-refractivity contribution in [2.75, 3.05) is 16.8 Å². The van der Waals surface area contributed by atoms with Gasteiger partial charge >= 0.3 is 6.18 Å². The summed E-state index contributed by atoms with van der Waals surface area (Å²) >= 11 is 1.17. The molecule has 2 aromatic heterocycles. The first-order valence-corrected chi connectivity index (χ1v) is 11.1. The molecule has 1 aromatic carbocycles. The van der Waals surface area contributed by atoms with Crippen molar-refractivity contribution in [2.45, 2.75) is 26.1 Å². The molecule has 3 aromatic rings. The van der Waals surface area contributed by atoms with Gasteiger partial charge in [-0.15, -0.1) is 11.3 Å². The van der Waals surface area contributed by atoms with Gasteiger partial charge in [-0.05, 0) is 30.3 Å². The zero-order chi connectivity index (χ0) is 24.5. The van der Waals surface area contributed by atoms with E-state index in [1.807, 2.05) is 0 Å². The lowest BCUT2D eigenvalue weighted by atomic mass is 10.1. The molecule has 4 rings (SSSR count). The average molecular weight is 492 g/mol. The maximum Gasteiger partial charge on any atom is 0.416 e. The minimum Gasteiger partial charge on any atom is -0.458 e. The summed E-state index contributed by atoms with van der Waals surface area (Å²) in [6, 6.07) is 7.86. The van der Waals surface area contributed by atoms with Gasteiger partial charge in [-0.2, -0.15) is 13.2 Å². The van der Waals surface area contributed by atoms with Gasteiger partial charge in [0.1, 0.15) is 11.5 Å². The molecule has 1 atom stereocenters. The molecule has 3 amide bonds. The molecule has 8 nitrogen and oxygen atoms in total. The molecule has 0 aliphatic carbocycles. The number of benzene rings is 1. The van der Waals surface area contributed by atoms with Gasteiger partial charge in [0.05, 0.1) is 18.0 Å². The molecule has 2 N–H and O–H groups in total. The van der Waals surface area contributed by atoms with Crippen molar-refractivity contribution in [1.29, 1.82) is 0 Å². The number of amides is 3. The lowest BCUT2D eigenvalue weighted by Crippen LogP contribution is -2.28. The summed E-state index contributed by atoms with van der Waals surface area (Å²) in [5.74, 6) is -0.793. The Hall–Kier alpha value is -3.67. The molecule has 1 aliphatic heterocycles. The van der Waals surface area contributed by atoms with Gasteiger partial charge in [-0.1, -0.05) is 6.07 Å². The topological polar surface area (TPSA) is 105 Å². The maximum absolute atomic E-state index is 13.0. The Morgan fingerprint density at radius 2 is 2.06 bits per heavy atom. The second-order valence-electron chi connectivity index (χ2n) is 7.66. The van der Waals surface area contributed by atoms with E-state index in [4.69, 9.17) is 4.42 Å². The van der Waals surface area contributed by atoms with Gasteiger partial charge in [-0.3, -0.25) is 14.4 Å². The molecule has 0 radical (unpaired) electrons. The van der Waals surface area contributed by atoms with Crippen molar-refractivity contribution in [3.8, 4) is 11.5 Å². The molecule has 1 aliphatic rings. The highest BCUT2D eigenvalue weighted by Crippen LogP contribution is 2.34. The van der Waals surface area contributed by atoms with Crippen LogP contribution in [0.15, 0.2) is 46.2 Å². The summed E-state index contributed by atoms with van der Waals surface area (Å²) in [7, 11) is 0. The van der Waals surface area contributed by atoms with E-state index in [0.29, 0.717) is 22.3 Å². The van der Waals surface area contributed by atoms with Crippen LogP contribution in [0.25, 0.3) is 11.5 Å². The van der Waals surface area contributed by atoms with E-state index < -0.39 is 29.5 Å². The molecule has 0 bridgehead atoms. The molecule has 178 valence electrons. The highest BCUT2D eigenvalue weighted by Gasteiger charge is 2.37. The van der Waals surface area contributed by atoms with Crippen LogP contribution in [0.4, 0.5) is 24.0 Å². The van der Waals surface area contributed by atoms with Crippen molar-refractivity contribution < 1.29 is 32.0 Å². The number of halogens is 3. The third-order valence-corrected chi connectivity index (χ3v) is 5.90. The number of nitrogens with one attached hydrogen (secondary N) is 2. The predicted molar refractivity (Wildman–Crippen MR) is 118 cm³/mol. The van der Waals surface area contributed by atoms with E-state index in [9.17, 15) is 27.6 Å². The van der Waals surface area contributed by atoms with E-state index in [-0.39, 0.29) is 31.1 Å². The van der Waals surface area contributed by atoms with Gasteiger partial charge in [-0.25, -0.2) is 4.98 Å². The van der Waals surface area contributed by atoms with Crippen LogP contribution in [0.2, 0.25) is 0 Å². The highest BCUT2D eigenvalue weighted by molar-refractivity contribution is 7.14. The van der Waals surface area contributed by atoms with Crippen molar-refractivity contribution in [3.05, 3.63) is 53.1 Å². The number of furan rings is 1. The molecule has 34 heavy (non-hydrogen) atoms. The number of anilines is 2. The largest absolute Gasteiger partial charge is 0.458 e. The molecule has 3 heterocycles. The molecule has 1 saturated heterocycles. The third-order valence-electron chi connectivity index (χ3n) is 5.14. The second kappa shape index (κ2) is 9.29. The van der Waals surface area contributed by atoms with E-state index in [2.05, 4.69) is 15.6 Å². The Labute approximate surface area is 195 Å². The van der Waals surface area contributed by atoms with E-state index >= 15 is 0 Å². The Kier molecular flexibility index (Phi) is 6.42. The lowest BCUT2D eigenvalue weighted by Gasteiger charge is -2.18. The predicted octanol–water partition coefficient (Wildman–Crippen LogP) is 4.05. The Bertz CT molecular complexity index is 1240. The number of carbonyl (C=O) groups is 3. The zero-order valence-electron chi connectivity index (χ0n) is 17.8. The van der Waals surface area contributed by atoms with Crippen molar-refractivity contribution in [2.24, 2.45) is 5.92 Å². The molecular weight excluding hydrogens is 473 g/mol. The van der Waals surface area contributed by atoms with Gasteiger partial charge in [0.15, 0.2) is 10.9 Å². The molecule has 0 spiro atoms. The minimum atomic E-state index is -4.53. The number of hydrogen-bond donors (Lipinski definition) is 2. The first kappa shape index (κ1) is 23.5. The van der Waals surface area contributed by atoms with Crippen LogP contribution in [0.5, 0.6) is 0 Å². The molecule has 1 fully saturated rings. The van der Waals surface area contributed by atoms with E-state index in [1.165, 1.54) is 35.3 Å². The summed E-state index contributed by atoms with van der Waals surface area (Å²) in [4.78, 5) is 41.6. The van der Waals surface area contributed by atoms with Crippen LogP contribution in [-0.2, 0) is 27.1 Å². The van der Waals surface area contributed by atoms with Crippen LogP contribution in [0.3, 0.4) is 0 Å². The first-order chi connectivity index (χ1) is 16.1. The van der Waals surface area contributed by atoms with Crippen LogP contribution in [-0.4, -0.2) is 29.3 Å². The molecule has 1 unspecified atom stereocenters. The SMILES string of the molecule is CC(=O)NCc1ccc(-c2csc(NC(=O)C3CC(=O)N(c4cccc(C(F)(F)F)c4)C3)n2)o1. The smallest absolute Gasteiger partial charge is 0.416 e. The van der Waals surface area contributed by atoms with Gasteiger partial charge in [0, 0.05) is 31.0 Å². The fraction of sp³-hybridized carbons (Fsp3) is 0.273. The van der Waals surface area contributed by atoms with Gasteiger partial charge in [0.25, 0.3) is 0 Å². The Morgan fingerprint density at radius 1 is 1.26 bits per heavy atom. The molecule has 0 saturated carbocycles. The summed E-state index contributed by atoms with van der Waals surface area (Å²) in [6.45, 7) is 1.60. The Balaban J connectivity index is 1.39. The van der Waals surface area contributed by atoms with Crippen molar-refractivity contribution in [1.82, 2.24) is 10.3 Å². The van der Waals surface area contributed by atoms with Crippen LogP contribution in [0.1, 0.15) is 24.7 Å². The van der Waals surface area contributed by atoms with Crippen molar-refractivity contribution >= 4 is 39.9 Å². The number of aromatic nitrogens is 1. The standard InChI is InChI=1S/C22H19F3N4O4S/c1-12(30)26-9-16-5-6-18(33-16)17-11-34-21(27-17)28-20(32)13-7-19(31)29(10-13)15-4-2-3-14(8-15)22(23,24)25/h2-6,8,11,13H,7,9-10H2,1H3,(H,26,30)(H,27,28,32). The van der Waals surface area contributed by atoms with E-state index in [0.717, 1.165) is 12.1 Å². The molecular formula is C22H19F3N4O4S. The zero-order valence-corrected chi connectivity index (χ0v) is 18.6. The van der Waals surface area contributed by atoms with Gasteiger partial charge < -0.3 is 20.0 Å². The number of hydrogen-bond acceptors (Lipinski definition) is 6. The average Bonchev–Trinajstić information content (AvgIpc) is 3.51. The Morgan fingerprint density at radius 3 is 2.79 bits per heavy atom. The van der Waals surface area contributed by atoms with Crippen LogP contribution < -0.4 is 15.5 Å². The summed E-state index contributed by atoms with van der Waals surface area (Å²) in [5, 5.41) is 7.27. The molecule has 12 heteroatoms. The number of rotatable bonds is 6. The first-order valence-electron chi connectivity index (χ1n) is 10.2. The summed E-state index contributed by atoms with van der Waals surface area (Å²) in [6.07, 6.45) is -4.65. The third kappa shape index (κ3) is 5.28. The second-order valence-corrected chi connectivity index (χ2v) is 8.51.